The molecular weight excluding hydrogens is 252 g/mol. The van der Waals surface area contributed by atoms with Crippen LogP contribution in [0.25, 0.3) is 0 Å². The van der Waals surface area contributed by atoms with Gasteiger partial charge < -0.3 is 14.4 Å². The molecule has 19 heavy (non-hydrogen) atoms. The number of methoxy groups -OCH3 is 2. The molecule has 1 rings (SSSR count). The van der Waals surface area contributed by atoms with Gasteiger partial charge in [-0.05, 0) is 0 Å². The molecule has 0 aliphatic heterocycles. The largest absolute Gasteiger partial charge is 0.469 e. The first-order valence-electron chi connectivity index (χ1n) is 5.79. The molecule has 0 aliphatic rings. The zero-order valence-corrected chi connectivity index (χ0v) is 11.3. The van der Waals surface area contributed by atoms with Gasteiger partial charge in [0.2, 0.25) is 0 Å². The van der Waals surface area contributed by atoms with Gasteiger partial charge in [-0.15, -0.1) is 5.10 Å². The lowest BCUT2D eigenvalue weighted by atomic mass is 10.3. The number of aromatic nitrogens is 3. The molecule has 8 heteroatoms. The van der Waals surface area contributed by atoms with Crippen molar-refractivity contribution in [2.45, 2.75) is 6.42 Å². The Hall–Kier alpha value is -1.96. The quantitative estimate of drug-likeness (QED) is 0.619. The molecule has 0 unspecified atom stereocenters. The van der Waals surface area contributed by atoms with Gasteiger partial charge in [-0.25, -0.2) is 0 Å². The molecule has 1 aromatic rings. The van der Waals surface area contributed by atoms with Gasteiger partial charge in [0, 0.05) is 27.2 Å². The lowest BCUT2D eigenvalue weighted by Crippen LogP contribution is -2.36. The van der Waals surface area contributed by atoms with Crippen LogP contribution in [-0.4, -0.2) is 65.7 Å². The summed E-state index contributed by atoms with van der Waals surface area (Å²) in [5, 5.41) is 7.46. The predicted molar refractivity (Wildman–Crippen MR) is 65.4 cm³/mol. The molecule has 0 aromatic carbocycles. The highest BCUT2D eigenvalue weighted by atomic mass is 16.5. The van der Waals surface area contributed by atoms with Gasteiger partial charge in [-0.3, -0.25) is 14.3 Å². The highest BCUT2D eigenvalue weighted by Gasteiger charge is 2.19. The van der Waals surface area contributed by atoms with Crippen LogP contribution >= 0.6 is 0 Å². The Morgan fingerprint density at radius 3 is 2.63 bits per heavy atom. The predicted octanol–water partition coefficient (Wildman–Crippen LogP) is -0.533. The molecule has 0 N–H and O–H groups in total. The number of rotatable bonds is 7. The maximum Gasteiger partial charge on any atom is 0.307 e. The van der Waals surface area contributed by atoms with E-state index in [1.165, 1.54) is 22.9 Å². The first kappa shape index (κ1) is 15.1. The van der Waals surface area contributed by atoms with E-state index in [2.05, 4.69) is 15.0 Å². The number of esters is 1. The van der Waals surface area contributed by atoms with E-state index in [-0.39, 0.29) is 30.5 Å². The van der Waals surface area contributed by atoms with Crippen LogP contribution in [0, 0.1) is 0 Å². The van der Waals surface area contributed by atoms with E-state index in [0.717, 1.165) is 0 Å². The summed E-state index contributed by atoms with van der Waals surface area (Å²) >= 11 is 0. The van der Waals surface area contributed by atoms with Gasteiger partial charge in [0.1, 0.15) is 0 Å². The SMILES string of the molecule is COCCN(CCC(=O)OC)C(=O)c1cn(C)nn1. The molecule has 1 amide bonds. The summed E-state index contributed by atoms with van der Waals surface area (Å²) in [6.45, 7) is 1.02. The highest BCUT2D eigenvalue weighted by Crippen LogP contribution is 2.02. The molecule has 1 heterocycles. The number of carbonyl (C=O) groups excluding carboxylic acids is 2. The van der Waals surface area contributed by atoms with Gasteiger partial charge in [0.25, 0.3) is 5.91 Å². The van der Waals surface area contributed by atoms with E-state index in [9.17, 15) is 9.59 Å². The van der Waals surface area contributed by atoms with Crippen molar-refractivity contribution >= 4 is 11.9 Å². The number of aryl methyl sites for hydroxylation is 1. The normalized spacial score (nSPS) is 10.3. The van der Waals surface area contributed by atoms with Crippen LogP contribution in [0.5, 0.6) is 0 Å². The molecule has 0 saturated carbocycles. The van der Waals surface area contributed by atoms with Crippen LogP contribution in [0.1, 0.15) is 16.9 Å². The van der Waals surface area contributed by atoms with Crippen molar-refractivity contribution in [3.8, 4) is 0 Å². The van der Waals surface area contributed by atoms with Crippen molar-refractivity contribution in [3.63, 3.8) is 0 Å². The average Bonchev–Trinajstić information content (AvgIpc) is 2.84. The monoisotopic (exact) mass is 270 g/mol. The smallest absolute Gasteiger partial charge is 0.307 e. The zero-order chi connectivity index (χ0) is 14.3. The number of ether oxygens (including phenoxy) is 2. The van der Waals surface area contributed by atoms with E-state index in [0.29, 0.717) is 13.2 Å². The molecule has 0 radical (unpaired) electrons. The number of hydrogen-bond donors (Lipinski definition) is 0. The summed E-state index contributed by atoms with van der Waals surface area (Å²) < 4.78 is 10.9. The van der Waals surface area contributed by atoms with E-state index < -0.39 is 0 Å². The molecule has 1 aromatic heterocycles. The minimum atomic E-state index is -0.366. The maximum absolute atomic E-state index is 12.2. The maximum atomic E-state index is 12.2. The Labute approximate surface area is 111 Å². The van der Waals surface area contributed by atoms with Crippen LogP contribution in [0.4, 0.5) is 0 Å². The Morgan fingerprint density at radius 1 is 1.37 bits per heavy atom. The topological polar surface area (TPSA) is 86.5 Å². The van der Waals surface area contributed by atoms with Crippen molar-refractivity contribution in [3.05, 3.63) is 11.9 Å². The average molecular weight is 270 g/mol. The first-order chi connectivity index (χ1) is 9.08. The standard InChI is InChI=1S/C11H18N4O4/c1-14-8-9(12-13-14)11(17)15(6-7-18-2)5-4-10(16)19-3/h8H,4-7H2,1-3H3. The van der Waals surface area contributed by atoms with Crippen molar-refractivity contribution in [2.24, 2.45) is 7.05 Å². The lowest BCUT2D eigenvalue weighted by Gasteiger charge is -2.20. The summed E-state index contributed by atoms with van der Waals surface area (Å²) in [7, 11) is 4.54. The molecule has 106 valence electrons. The van der Waals surface area contributed by atoms with Crippen LogP contribution in [0.3, 0.4) is 0 Å². The van der Waals surface area contributed by atoms with Crippen LogP contribution < -0.4 is 0 Å². The number of nitrogens with zero attached hydrogens (tertiary/aromatic N) is 4. The molecule has 0 spiro atoms. The van der Waals surface area contributed by atoms with Gasteiger partial charge in [-0.2, -0.15) is 0 Å². The third-order valence-corrected chi connectivity index (χ3v) is 2.49. The van der Waals surface area contributed by atoms with Gasteiger partial charge in [-0.1, -0.05) is 5.21 Å². The van der Waals surface area contributed by atoms with Gasteiger partial charge in [0.05, 0.1) is 26.3 Å². The molecule has 8 nitrogen and oxygen atoms in total. The second-order valence-electron chi connectivity index (χ2n) is 3.89. The molecular formula is C11H18N4O4. The third kappa shape index (κ3) is 4.66. The first-order valence-corrected chi connectivity index (χ1v) is 5.79. The van der Waals surface area contributed by atoms with Crippen molar-refractivity contribution in [1.29, 1.82) is 0 Å². The van der Waals surface area contributed by atoms with Crippen LogP contribution in [-0.2, 0) is 21.3 Å². The summed E-state index contributed by atoms with van der Waals surface area (Å²) in [6, 6.07) is 0. The zero-order valence-electron chi connectivity index (χ0n) is 11.3. The minimum Gasteiger partial charge on any atom is -0.469 e. The molecule has 0 aliphatic carbocycles. The van der Waals surface area contributed by atoms with E-state index in [1.54, 1.807) is 14.2 Å². The summed E-state index contributed by atoms with van der Waals surface area (Å²) in [5.41, 5.74) is 0.239. The third-order valence-electron chi connectivity index (χ3n) is 2.49. The number of hydrogen-bond acceptors (Lipinski definition) is 6. The second-order valence-corrected chi connectivity index (χ2v) is 3.89. The Bertz CT molecular complexity index is 432. The second kappa shape index (κ2) is 7.47. The Balaban J connectivity index is 2.66. The summed E-state index contributed by atoms with van der Waals surface area (Å²) in [6.07, 6.45) is 1.66. The summed E-state index contributed by atoms with van der Waals surface area (Å²) in [4.78, 5) is 24.8. The number of carbonyl (C=O) groups is 2. The van der Waals surface area contributed by atoms with E-state index in [4.69, 9.17) is 4.74 Å². The molecule has 0 saturated heterocycles. The van der Waals surface area contributed by atoms with Gasteiger partial charge in [0.15, 0.2) is 5.69 Å². The molecule has 0 bridgehead atoms. The van der Waals surface area contributed by atoms with E-state index >= 15 is 0 Å². The van der Waals surface area contributed by atoms with Crippen molar-refractivity contribution in [2.75, 3.05) is 33.9 Å². The van der Waals surface area contributed by atoms with Crippen LogP contribution in [0.2, 0.25) is 0 Å². The molecule has 0 atom stereocenters. The summed E-state index contributed by atoms with van der Waals surface area (Å²) in [5.74, 6) is -0.650. The highest BCUT2D eigenvalue weighted by molar-refractivity contribution is 5.92. The fourth-order valence-corrected chi connectivity index (χ4v) is 1.45. The van der Waals surface area contributed by atoms with Crippen molar-refractivity contribution in [1.82, 2.24) is 19.9 Å². The van der Waals surface area contributed by atoms with Crippen molar-refractivity contribution < 1.29 is 19.1 Å². The van der Waals surface area contributed by atoms with Gasteiger partial charge >= 0.3 is 5.97 Å². The van der Waals surface area contributed by atoms with Crippen LogP contribution in [0.15, 0.2) is 6.20 Å². The fourth-order valence-electron chi connectivity index (χ4n) is 1.45. The van der Waals surface area contributed by atoms with E-state index in [1.807, 2.05) is 0 Å². The Kier molecular flexibility index (Phi) is 5.94. The number of amides is 1. The fraction of sp³-hybridized carbons (Fsp3) is 0.636. The Morgan fingerprint density at radius 2 is 2.11 bits per heavy atom. The minimum absolute atomic E-state index is 0.131. The molecule has 0 fully saturated rings. The lowest BCUT2D eigenvalue weighted by molar-refractivity contribution is -0.140.